The summed E-state index contributed by atoms with van der Waals surface area (Å²) >= 11 is 0. The standard InChI is InChI=1S/C12H24N2O/c1-9-7-6-8-10(2)14(9)11(15)13-12(3,4)5/h9-10H,6-8H2,1-5H3,(H,13,15). The maximum Gasteiger partial charge on any atom is 0.318 e. The Kier molecular flexibility index (Phi) is 3.63. The molecule has 0 bridgehead atoms. The van der Waals surface area contributed by atoms with Crippen molar-refractivity contribution in [3.8, 4) is 0 Å². The van der Waals surface area contributed by atoms with Gasteiger partial charge >= 0.3 is 6.03 Å². The zero-order valence-electron chi connectivity index (χ0n) is 10.6. The monoisotopic (exact) mass is 212 g/mol. The molecule has 0 aliphatic carbocycles. The Labute approximate surface area is 93.2 Å². The van der Waals surface area contributed by atoms with E-state index < -0.39 is 0 Å². The number of rotatable bonds is 0. The summed E-state index contributed by atoms with van der Waals surface area (Å²) in [5.74, 6) is 0. The normalized spacial score (nSPS) is 27.7. The summed E-state index contributed by atoms with van der Waals surface area (Å²) in [7, 11) is 0. The van der Waals surface area contributed by atoms with Crippen LogP contribution >= 0.6 is 0 Å². The minimum Gasteiger partial charge on any atom is -0.333 e. The molecule has 2 atom stereocenters. The molecule has 3 nitrogen and oxygen atoms in total. The third kappa shape index (κ3) is 3.40. The molecule has 0 aromatic carbocycles. The molecule has 0 aromatic rings. The maximum absolute atomic E-state index is 12.0. The number of nitrogens with zero attached hydrogens (tertiary/aromatic N) is 1. The molecule has 1 saturated heterocycles. The number of likely N-dealkylation sites (tertiary alicyclic amines) is 1. The molecule has 0 radical (unpaired) electrons. The van der Waals surface area contributed by atoms with E-state index in [9.17, 15) is 4.79 Å². The summed E-state index contributed by atoms with van der Waals surface area (Å²) < 4.78 is 0. The molecule has 15 heavy (non-hydrogen) atoms. The molecule has 1 N–H and O–H groups in total. The third-order valence-corrected chi connectivity index (χ3v) is 2.91. The van der Waals surface area contributed by atoms with Gasteiger partial charge in [-0.15, -0.1) is 0 Å². The van der Waals surface area contributed by atoms with Crippen LogP contribution in [0.5, 0.6) is 0 Å². The molecule has 0 saturated carbocycles. The number of carbonyl (C=O) groups excluding carboxylic acids is 1. The third-order valence-electron chi connectivity index (χ3n) is 2.91. The van der Waals surface area contributed by atoms with Crippen molar-refractivity contribution in [2.24, 2.45) is 0 Å². The Morgan fingerprint density at radius 3 is 2.07 bits per heavy atom. The molecule has 1 heterocycles. The number of urea groups is 1. The van der Waals surface area contributed by atoms with Gasteiger partial charge in [0.25, 0.3) is 0 Å². The van der Waals surface area contributed by atoms with Crippen molar-refractivity contribution in [3.63, 3.8) is 0 Å². The first-order valence-corrected chi connectivity index (χ1v) is 5.92. The lowest BCUT2D eigenvalue weighted by molar-refractivity contribution is 0.117. The van der Waals surface area contributed by atoms with E-state index in [1.54, 1.807) is 0 Å². The van der Waals surface area contributed by atoms with Crippen molar-refractivity contribution in [2.45, 2.75) is 71.5 Å². The lowest BCUT2D eigenvalue weighted by atomic mass is 9.98. The van der Waals surface area contributed by atoms with Crippen molar-refractivity contribution < 1.29 is 4.79 Å². The highest BCUT2D eigenvalue weighted by molar-refractivity contribution is 5.75. The Morgan fingerprint density at radius 1 is 1.20 bits per heavy atom. The van der Waals surface area contributed by atoms with E-state index in [4.69, 9.17) is 0 Å². The van der Waals surface area contributed by atoms with Gasteiger partial charge in [-0.1, -0.05) is 0 Å². The SMILES string of the molecule is CC1CCCC(C)N1C(=O)NC(C)(C)C. The second-order valence-corrected chi connectivity index (χ2v) is 5.72. The molecule has 2 amide bonds. The second kappa shape index (κ2) is 4.42. The van der Waals surface area contributed by atoms with E-state index in [2.05, 4.69) is 19.2 Å². The summed E-state index contributed by atoms with van der Waals surface area (Å²) in [6, 6.07) is 0.828. The fourth-order valence-electron chi connectivity index (χ4n) is 2.21. The Hall–Kier alpha value is -0.730. The summed E-state index contributed by atoms with van der Waals surface area (Å²) in [6.07, 6.45) is 3.49. The smallest absolute Gasteiger partial charge is 0.318 e. The first-order valence-electron chi connectivity index (χ1n) is 5.92. The first-order chi connectivity index (χ1) is 6.81. The van der Waals surface area contributed by atoms with Gasteiger partial charge in [0.1, 0.15) is 0 Å². The topological polar surface area (TPSA) is 32.3 Å². The minimum absolute atomic E-state index is 0.0854. The van der Waals surface area contributed by atoms with Gasteiger partial charge in [0.05, 0.1) is 0 Å². The summed E-state index contributed by atoms with van der Waals surface area (Å²) in [5, 5.41) is 3.04. The molecule has 0 aromatic heterocycles. The van der Waals surface area contributed by atoms with Crippen LogP contribution in [0.15, 0.2) is 0 Å². The van der Waals surface area contributed by atoms with Gasteiger partial charge in [-0.05, 0) is 53.9 Å². The average Bonchev–Trinajstić information content (AvgIpc) is 1.99. The van der Waals surface area contributed by atoms with Crippen molar-refractivity contribution in [2.75, 3.05) is 0 Å². The first kappa shape index (κ1) is 12.3. The van der Waals surface area contributed by atoms with Crippen LogP contribution in [0, 0.1) is 0 Å². The molecule has 1 aliphatic heterocycles. The average molecular weight is 212 g/mol. The van der Waals surface area contributed by atoms with E-state index in [1.165, 1.54) is 6.42 Å². The molecular weight excluding hydrogens is 188 g/mol. The molecule has 0 spiro atoms. The van der Waals surface area contributed by atoms with Crippen LogP contribution in [0.3, 0.4) is 0 Å². The van der Waals surface area contributed by atoms with Gasteiger partial charge < -0.3 is 10.2 Å². The van der Waals surface area contributed by atoms with Gasteiger partial charge in [-0.3, -0.25) is 0 Å². The van der Waals surface area contributed by atoms with Crippen LogP contribution < -0.4 is 5.32 Å². The van der Waals surface area contributed by atoms with Crippen LogP contribution in [0.2, 0.25) is 0 Å². The number of carbonyl (C=O) groups is 1. The quantitative estimate of drug-likeness (QED) is 0.658. The van der Waals surface area contributed by atoms with Crippen LogP contribution in [0.4, 0.5) is 4.79 Å². The fraction of sp³-hybridized carbons (Fsp3) is 0.917. The highest BCUT2D eigenvalue weighted by atomic mass is 16.2. The number of hydrogen-bond donors (Lipinski definition) is 1. The van der Waals surface area contributed by atoms with Gasteiger partial charge in [0.2, 0.25) is 0 Å². The summed E-state index contributed by atoms with van der Waals surface area (Å²) in [6.45, 7) is 10.3. The van der Waals surface area contributed by atoms with E-state index in [0.29, 0.717) is 12.1 Å². The number of amides is 2. The van der Waals surface area contributed by atoms with Gasteiger partial charge in [-0.25, -0.2) is 4.79 Å². The van der Waals surface area contributed by atoms with Crippen LogP contribution in [-0.4, -0.2) is 28.6 Å². The van der Waals surface area contributed by atoms with Crippen molar-refractivity contribution >= 4 is 6.03 Å². The van der Waals surface area contributed by atoms with E-state index in [0.717, 1.165) is 12.8 Å². The van der Waals surface area contributed by atoms with E-state index in [-0.39, 0.29) is 11.6 Å². The zero-order chi connectivity index (χ0) is 11.6. The Balaban J connectivity index is 2.64. The van der Waals surface area contributed by atoms with Crippen molar-refractivity contribution in [1.29, 1.82) is 0 Å². The molecule has 3 heteroatoms. The largest absolute Gasteiger partial charge is 0.333 e. The summed E-state index contributed by atoms with van der Waals surface area (Å²) in [4.78, 5) is 14.0. The van der Waals surface area contributed by atoms with Gasteiger partial charge in [0, 0.05) is 17.6 Å². The van der Waals surface area contributed by atoms with Crippen LogP contribution in [0.25, 0.3) is 0 Å². The summed E-state index contributed by atoms with van der Waals surface area (Å²) in [5.41, 5.74) is -0.145. The Bertz CT molecular complexity index is 222. The number of hydrogen-bond acceptors (Lipinski definition) is 1. The van der Waals surface area contributed by atoms with Crippen LogP contribution in [0.1, 0.15) is 53.9 Å². The predicted octanol–water partition coefficient (Wildman–Crippen LogP) is 2.76. The molecular formula is C12H24N2O. The van der Waals surface area contributed by atoms with E-state index in [1.807, 2.05) is 25.7 Å². The molecule has 2 unspecified atom stereocenters. The lowest BCUT2D eigenvalue weighted by Gasteiger charge is -2.40. The van der Waals surface area contributed by atoms with Crippen LogP contribution in [-0.2, 0) is 0 Å². The molecule has 1 aliphatic rings. The predicted molar refractivity (Wildman–Crippen MR) is 62.9 cm³/mol. The van der Waals surface area contributed by atoms with E-state index >= 15 is 0 Å². The highest BCUT2D eigenvalue weighted by Crippen LogP contribution is 2.22. The highest BCUT2D eigenvalue weighted by Gasteiger charge is 2.30. The Morgan fingerprint density at radius 2 is 1.67 bits per heavy atom. The number of nitrogens with one attached hydrogen (secondary N) is 1. The number of piperidine rings is 1. The van der Waals surface area contributed by atoms with Gasteiger partial charge in [0.15, 0.2) is 0 Å². The lowest BCUT2D eigenvalue weighted by Crippen LogP contribution is -2.55. The van der Waals surface area contributed by atoms with Crippen molar-refractivity contribution in [1.82, 2.24) is 10.2 Å². The fourth-order valence-corrected chi connectivity index (χ4v) is 2.21. The molecule has 1 rings (SSSR count). The zero-order valence-corrected chi connectivity index (χ0v) is 10.6. The van der Waals surface area contributed by atoms with Crippen molar-refractivity contribution in [3.05, 3.63) is 0 Å². The molecule has 88 valence electrons. The molecule has 1 fully saturated rings. The van der Waals surface area contributed by atoms with Gasteiger partial charge in [-0.2, -0.15) is 0 Å². The minimum atomic E-state index is -0.145. The maximum atomic E-state index is 12.0. The second-order valence-electron chi connectivity index (χ2n) is 5.72.